The van der Waals surface area contributed by atoms with Crippen LogP contribution in [-0.2, 0) is 4.79 Å². The van der Waals surface area contributed by atoms with Gasteiger partial charge in [0.05, 0.1) is 5.71 Å². The second kappa shape index (κ2) is 10.2. The Kier molecular flexibility index (Phi) is 6.73. The molecule has 0 radical (unpaired) electrons. The highest BCUT2D eigenvalue weighted by Crippen LogP contribution is 2.22. The van der Waals surface area contributed by atoms with E-state index in [1.54, 1.807) is 0 Å². The molecule has 4 aromatic rings. The molecule has 32 heavy (non-hydrogen) atoms. The van der Waals surface area contributed by atoms with E-state index in [9.17, 15) is 4.79 Å². The predicted molar refractivity (Wildman–Crippen MR) is 130 cm³/mol. The molecule has 0 aromatic heterocycles. The molecule has 0 saturated heterocycles. The van der Waals surface area contributed by atoms with E-state index in [4.69, 9.17) is 4.74 Å². The van der Waals surface area contributed by atoms with Crippen LogP contribution >= 0.6 is 0 Å². The fraction of sp³-hybridized carbons (Fsp3) is 0.0714. The molecule has 0 saturated carbocycles. The zero-order valence-electron chi connectivity index (χ0n) is 17.9. The first-order valence-electron chi connectivity index (χ1n) is 10.5. The summed E-state index contributed by atoms with van der Waals surface area (Å²) >= 11 is 0. The highest BCUT2D eigenvalue weighted by molar-refractivity contribution is 5.99. The second-order valence-electron chi connectivity index (χ2n) is 7.35. The number of nitrogens with zero attached hydrogens (tertiary/aromatic N) is 1. The fourth-order valence-corrected chi connectivity index (χ4v) is 3.30. The predicted octanol–water partition coefficient (Wildman–Crippen LogP) is 5.94. The molecule has 0 unspecified atom stereocenters. The number of nitrogens with one attached hydrogen (secondary N) is 1. The highest BCUT2D eigenvalue weighted by Gasteiger charge is 2.05. The van der Waals surface area contributed by atoms with Crippen molar-refractivity contribution in [1.29, 1.82) is 0 Å². The fourth-order valence-electron chi connectivity index (χ4n) is 3.30. The van der Waals surface area contributed by atoms with Crippen LogP contribution in [0, 0.1) is 0 Å². The van der Waals surface area contributed by atoms with Gasteiger partial charge in [-0.15, -0.1) is 0 Å². The third-order valence-corrected chi connectivity index (χ3v) is 5.09. The van der Waals surface area contributed by atoms with Crippen molar-refractivity contribution in [3.05, 3.63) is 115 Å². The van der Waals surface area contributed by atoms with Crippen LogP contribution in [0.15, 0.2) is 114 Å². The number of carbonyl (C=O) groups excluding carboxylic acids is 1. The molecule has 0 atom stereocenters. The van der Waals surface area contributed by atoms with Crippen molar-refractivity contribution < 1.29 is 9.53 Å². The van der Waals surface area contributed by atoms with Crippen LogP contribution in [0.4, 0.5) is 0 Å². The molecule has 0 fully saturated rings. The minimum absolute atomic E-state index is 0.103. The lowest BCUT2D eigenvalue weighted by Crippen LogP contribution is -2.25. The van der Waals surface area contributed by atoms with E-state index in [-0.39, 0.29) is 12.5 Å². The van der Waals surface area contributed by atoms with Gasteiger partial charge in [-0.25, -0.2) is 5.43 Å². The summed E-state index contributed by atoms with van der Waals surface area (Å²) in [5.74, 6) is 0.328. The van der Waals surface area contributed by atoms with E-state index in [0.717, 1.165) is 33.5 Å². The Morgan fingerprint density at radius 2 is 1.16 bits per heavy atom. The van der Waals surface area contributed by atoms with E-state index in [0.29, 0.717) is 5.75 Å². The van der Waals surface area contributed by atoms with Crippen molar-refractivity contribution in [3.63, 3.8) is 0 Å². The van der Waals surface area contributed by atoms with E-state index in [1.807, 2.05) is 91.9 Å². The first kappa shape index (κ1) is 21.1. The number of benzene rings is 4. The summed E-state index contributed by atoms with van der Waals surface area (Å²) < 4.78 is 5.58. The van der Waals surface area contributed by atoms with Crippen LogP contribution in [0.5, 0.6) is 5.75 Å². The third kappa shape index (κ3) is 5.49. The number of amides is 1. The monoisotopic (exact) mass is 420 g/mol. The van der Waals surface area contributed by atoms with Crippen molar-refractivity contribution in [2.24, 2.45) is 5.10 Å². The molecule has 0 spiro atoms. The molecule has 0 aliphatic carbocycles. The molecule has 0 aliphatic heterocycles. The van der Waals surface area contributed by atoms with Gasteiger partial charge < -0.3 is 4.74 Å². The Labute approximate surface area is 188 Å². The van der Waals surface area contributed by atoms with Crippen molar-refractivity contribution in [2.45, 2.75) is 6.92 Å². The maximum atomic E-state index is 12.1. The van der Waals surface area contributed by atoms with Gasteiger partial charge in [0, 0.05) is 0 Å². The zero-order chi connectivity index (χ0) is 22.2. The number of hydrogen-bond donors (Lipinski definition) is 1. The van der Waals surface area contributed by atoms with E-state index in [1.165, 1.54) is 0 Å². The smallest absolute Gasteiger partial charge is 0.277 e. The molecule has 1 N–H and O–H groups in total. The van der Waals surface area contributed by atoms with Crippen molar-refractivity contribution in [1.82, 2.24) is 5.43 Å². The van der Waals surface area contributed by atoms with Crippen LogP contribution < -0.4 is 10.2 Å². The Bertz CT molecular complexity index is 1180. The lowest BCUT2D eigenvalue weighted by molar-refractivity contribution is -0.123. The molecule has 4 rings (SSSR count). The highest BCUT2D eigenvalue weighted by atomic mass is 16.5. The van der Waals surface area contributed by atoms with E-state index >= 15 is 0 Å². The normalized spacial score (nSPS) is 11.1. The number of ether oxygens (including phenoxy) is 1. The standard InChI is InChI=1S/C28H24N2O2/c1-21(22-12-14-25(15-13-22)23-8-4-2-5-9-23)29-30-28(31)20-32-27-18-16-26(17-19-27)24-10-6-3-7-11-24/h2-19H,20H2,1H3,(H,30,31)/b29-21+. The summed E-state index contributed by atoms with van der Waals surface area (Å²) in [7, 11) is 0. The molecule has 4 aromatic carbocycles. The molecule has 0 bridgehead atoms. The largest absolute Gasteiger partial charge is 0.484 e. The van der Waals surface area contributed by atoms with Crippen LogP contribution in [0.1, 0.15) is 12.5 Å². The van der Waals surface area contributed by atoms with Gasteiger partial charge in [-0.3, -0.25) is 4.79 Å². The lowest BCUT2D eigenvalue weighted by atomic mass is 10.0. The number of hydrazone groups is 1. The summed E-state index contributed by atoms with van der Waals surface area (Å²) in [5.41, 5.74) is 8.77. The van der Waals surface area contributed by atoms with Crippen LogP contribution in [0.25, 0.3) is 22.3 Å². The minimum Gasteiger partial charge on any atom is -0.484 e. The molecule has 158 valence electrons. The molecule has 0 aliphatic rings. The summed E-state index contributed by atoms with van der Waals surface area (Å²) in [6.45, 7) is 1.76. The third-order valence-electron chi connectivity index (χ3n) is 5.09. The van der Waals surface area contributed by atoms with Crippen molar-refractivity contribution >= 4 is 11.6 Å². The topological polar surface area (TPSA) is 50.7 Å². The summed E-state index contributed by atoms with van der Waals surface area (Å²) in [4.78, 5) is 12.1. The lowest BCUT2D eigenvalue weighted by Gasteiger charge is -2.08. The summed E-state index contributed by atoms with van der Waals surface area (Å²) in [6.07, 6.45) is 0. The number of carbonyl (C=O) groups is 1. The van der Waals surface area contributed by atoms with Crippen LogP contribution in [0.3, 0.4) is 0 Å². The Morgan fingerprint density at radius 1 is 0.688 bits per heavy atom. The first-order chi connectivity index (χ1) is 15.7. The SMILES string of the molecule is C/C(=N\NC(=O)COc1ccc(-c2ccccc2)cc1)c1ccc(-c2ccccc2)cc1. The van der Waals surface area contributed by atoms with Gasteiger partial charge in [0.1, 0.15) is 5.75 Å². The first-order valence-corrected chi connectivity index (χ1v) is 10.5. The van der Waals surface area contributed by atoms with Gasteiger partial charge in [-0.1, -0.05) is 97.1 Å². The van der Waals surface area contributed by atoms with Crippen molar-refractivity contribution in [3.8, 4) is 28.0 Å². The van der Waals surface area contributed by atoms with E-state index in [2.05, 4.69) is 34.8 Å². The molecule has 0 heterocycles. The quantitative estimate of drug-likeness (QED) is 0.297. The Balaban J connectivity index is 1.29. The van der Waals surface area contributed by atoms with Gasteiger partial charge in [0.2, 0.25) is 0 Å². The summed E-state index contributed by atoms with van der Waals surface area (Å²) in [5, 5.41) is 4.20. The zero-order valence-corrected chi connectivity index (χ0v) is 17.9. The minimum atomic E-state index is -0.308. The van der Waals surface area contributed by atoms with Gasteiger partial charge in [0.25, 0.3) is 5.91 Å². The average Bonchev–Trinajstić information content (AvgIpc) is 2.87. The van der Waals surface area contributed by atoms with Crippen molar-refractivity contribution in [2.75, 3.05) is 6.61 Å². The van der Waals surface area contributed by atoms with Gasteiger partial charge in [-0.05, 0) is 46.9 Å². The van der Waals surface area contributed by atoms with Crippen LogP contribution in [-0.4, -0.2) is 18.2 Å². The Morgan fingerprint density at radius 3 is 1.69 bits per heavy atom. The van der Waals surface area contributed by atoms with Crippen LogP contribution in [0.2, 0.25) is 0 Å². The number of hydrogen-bond acceptors (Lipinski definition) is 3. The molecular weight excluding hydrogens is 396 g/mol. The Hall–Kier alpha value is -4.18. The summed E-state index contributed by atoms with van der Waals surface area (Å²) in [6, 6.07) is 36.1. The maximum Gasteiger partial charge on any atom is 0.277 e. The van der Waals surface area contributed by atoms with Gasteiger partial charge >= 0.3 is 0 Å². The molecule has 4 nitrogen and oxygen atoms in total. The van der Waals surface area contributed by atoms with Gasteiger partial charge in [0.15, 0.2) is 6.61 Å². The van der Waals surface area contributed by atoms with Gasteiger partial charge in [-0.2, -0.15) is 5.10 Å². The molecule has 4 heteroatoms. The molecular formula is C28H24N2O2. The van der Waals surface area contributed by atoms with E-state index < -0.39 is 0 Å². The maximum absolute atomic E-state index is 12.1. The average molecular weight is 421 g/mol. The second-order valence-corrected chi connectivity index (χ2v) is 7.35. The molecule has 1 amide bonds. The number of rotatable bonds is 7.